The summed E-state index contributed by atoms with van der Waals surface area (Å²) < 4.78 is 88.7. The quantitative estimate of drug-likeness (QED) is 0.0137. The smallest absolute Gasteiger partial charge is 0.336 e. The Morgan fingerprint density at radius 2 is 1.49 bits per heavy atom. The van der Waals surface area contributed by atoms with Crippen molar-refractivity contribution < 1.29 is 74.0 Å². The number of nitrogens with one attached hydrogen (secondary N) is 5. The predicted octanol–water partition coefficient (Wildman–Crippen LogP) is 2.30. The Morgan fingerprint density at radius 3 is 2.14 bits per heavy atom. The first-order chi connectivity index (χ1) is 33.6. The number of nitrogen functional groups attached to an aromatic ring is 1. The van der Waals surface area contributed by atoms with Crippen molar-refractivity contribution in [3.63, 3.8) is 0 Å². The number of carbonyl (C=O) groups excluding carboxylic acids is 3. The second-order valence-corrected chi connectivity index (χ2v) is 18.5. The fourth-order valence-corrected chi connectivity index (χ4v) is 9.23. The van der Waals surface area contributed by atoms with Gasteiger partial charge in [0.15, 0.2) is 21.1 Å². The average Bonchev–Trinajstić information content (AvgIpc) is 3.68. The molecule has 26 heteroatoms. The average molecular weight is 1020 g/mol. The van der Waals surface area contributed by atoms with Crippen LogP contribution in [-0.2, 0) is 50.6 Å². The van der Waals surface area contributed by atoms with Gasteiger partial charge in [-0.3, -0.25) is 38.7 Å². The molecule has 24 nitrogen and oxygen atoms in total. The molecule has 0 unspecified atom stereocenters. The Kier molecular flexibility index (Phi) is 16.8. The Morgan fingerprint density at radius 1 is 0.831 bits per heavy atom. The van der Waals surface area contributed by atoms with Gasteiger partial charge in [-0.1, -0.05) is 24.3 Å². The summed E-state index contributed by atoms with van der Waals surface area (Å²) in [6, 6.07) is 16.5. The Balaban J connectivity index is 1.01. The number of amides is 3. The van der Waals surface area contributed by atoms with E-state index in [1.807, 2.05) is 41.9 Å². The number of carboxylic acid groups (broad SMARTS) is 2. The summed E-state index contributed by atoms with van der Waals surface area (Å²) >= 11 is 0. The Bertz CT molecular complexity index is 3280. The van der Waals surface area contributed by atoms with Crippen LogP contribution in [0.1, 0.15) is 40.0 Å². The number of aryl methyl sites for hydroxylation is 1. The number of para-hydroxylation sites is 1. The van der Waals surface area contributed by atoms with E-state index in [9.17, 15) is 60.1 Å². The molecule has 0 spiro atoms. The zero-order valence-electron chi connectivity index (χ0n) is 38.1. The summed E-state index contributed by atoms with van der Waals surface area (Å²) in [6.07, 6.45) is -0.485. The van der Waals surface area contributed by atoms with Gasteiger partial charge in [0.1, 0.15) is 11.9 Å². The van der Waals surface area contributed by atoms with E-state index in [1.54, 1.807) is 12.1 Å². The van der Waals surface area contributed by atoms with Gasteiger partial charge in [-0.25, -0.2) is 10.2 Å². The number of nitrogens with zero attached hydrogens (tertiary/aromatic N) is 2. The molecule has 4 aromatic rings. The molecule has 1 aliphatic heterocycles. The molecule has 3 amide bonds. The highest BCUT2D eigenvalue weighted by Crippen LogP contribution is 2.45. The fourth-order valence-electron chi connectivity index (χ4n) is 7.75. The first-order valence-corrected chi connectivity index (χ1v) is 24.4. The van der Waals surface area contributed by atoms with E-state index in [-0.39, 0.29) is 93.0 Å². The van der Waals surface area contributed by atoms with E-state index in [2.05, 4.69) is 21.4 Å². The lowest BCUT2D eigenvalue weighted by Crippen LogP contribution is -2.47. The van der Waals surface area contributed by atoms with Crippen LogP contribution in [0.5, 0.6) is 0 Å². The molecule has 378 valence electrons. The zero-order chi connectivity index (χ0) is 51.8. The SMILES string of the molecule is CNN(C)c1cc2ccccc2n1CCC(=O)N[C@@H](CCC(=O)O)C(=O)NCCOCCOCCNC(=O)c1ccc(-c2c3ccc(=N)c(S(=O)(=O)O)c-3oc3c(S(=O)(=O)O)c(N)ccc23)c(C(=O)O)c1. The van der Waals surface area contributed by atoms with Crippen LogP contribution < -0.4 is 37.5 Å². The van der Waals surface area contributed by atoms with Crippen molar-refractivity contribution in [3.8, 4) is 22.5 Å². The molecule has 1 aliphatic carbocycles. The maximum absolute atomic E-state index is 13.2. The molecule has 0 saturated heterocycles. The Labute approximate surface area is 405 Å². The lowest BCUT2D eigenvalue weighted by Gasteiger charge is -2.21. The van der Waals surface area contributed by atoms with E-state index in [4.69, 9.17) is 25.0 Å². The number of aromatic nitrogens is 1. The second kappa shape index (κ2) is 22.5. The molecule has 11 N–H and O–H groups in total. The number of hydrazine groups is 1. The number of aliphatic carboxylic acids is 1. The minimum Gasteiger partial charge on any atom is -0.481 e. The highest BCUT2D eigenvalue weighted by Gasteiger charge is 2.32. The lowest BCUT2D eigenvalue weighted by molar-refractivity contribution is -0.138. The summed E-state index contributed by atoms with van der Waals surface area (Å²) in [4.78, 5) is 61.2. The van der Waals surface area contributed by atoms with E-state index in [0.29, 0.717) is 0 Å². The monoisotopic (exact) mass is 1020 g/mol. The van der Waals surface area contributed by atoms with E-state index in [1.165, 1.54) is 24.3 Å². The Hall–Kier alpha value is -7.46. The summed E-state index contributed by atoms with van der Waals surface area (Å²) in [6.45, 7) is 0.462. The summed E-state index contributed by atoms with van der Waals surface area (Å²) in [7, 11) is -6.81. The number of ether oxygens (including phenoxy) is 2. The highest BCUT2D eigenvalue weighted by atomic mass is 32.2. The molecule has 1 aromatic heterocycles. The first-order valence-electron chi connectivity index (χ1n) is 21.5. The number of nitrogens with two attached hydrogens (primary N) is 1. The molecule has 0 bridgehead atoms. The molecule has 6 rings (SSSR count). The van der Waals surface area contributed by atoms with E-state index >= 15 is 0 Å². The van der Waals surface area contributed by atoms with Crippen molar-refractivity contribution in [2.75, 3.05) is 64.4 Å². The second-order valence-electron chi connectivity index (χ2n) is 15.7. The molecule has 71 heavy (non-hydrogen) atoms. The minimum absolute atomic E-state index is 0.00641. The number of carbonyl (C=O) groups is 5. The first kappa shape index (κ1) is 52.9. The van der Waals surface area contributed by atoms with Crippen LogP contribution in [0.15, 0.2) is 87.0 Å². The largest absolute Gasteiger partial charge is 0.481 e. The third-order valence-corrected chi connectivity index (χ3v) is 12.9. The van der Waals surface area contributed by atoms with Gasteiger partial charge in [0.25, 0.3) is 26.1 Å². The van der Waals surface area contributed by atoms with Crippen molar-refractivity contribution >= 4 is 83.3 Å². The normalized spacial score (nSPS) is 12.2. The van der Waals surface area contributed by atoms with Gasteiger partial charge in [0.2, 0.25) is 11.8 Å². The van der Waals surface area contributed by atoms with Crippen LogP contribution in [0, 0.1) is 5.41 Å². The van der Waals surface area contributed by atoms with E-state index < -0.39 is 93.7 Å². The number of fused-ring (bicyclic) bond motifs is 3. The van der Waals surface area contributed by atoms with Crippen LogP contribution in [0.3, 0.4) is 0 Å². The number of carboxylic acids is 2. The van der Waals surface area contributed by atoms with Crippen LogP contribution in [0.25, 0.3) is 44.3 Å². The van der Waals surface area contributed by atoms with Gasteiger partial charge in [-0.05, 0) is 60.5 Å². The van der Waals surface area contributed by atoms with Crippen LogP contribution >= 0.6 is 0 Å². The highest BCUT2D eigenvalue weighted by molar-refractivity contribution is 7.86. The van der Waals surface area contributed by atoms with Gasteiger partial charge in [-0.2, -0.15) is 16.8 Å². The van der Waals surface area contributed by atoms with Crippen LogP contribution in [0.2, 0.25) is 0 Å². The van der Waals surface area contributed by atoms with Gasteiger partial charge in [-0.15, -0.1) is 0 Å². The van der Waals surface area contributed by atoms with Gasteiger partial charge >= 0.3 is 11.9 Å². The van der Waals surface area contributed by atoms with Crippen molar-refractivity contribution in [2.24, 2.45) is 0 Å². The number of benzene rings is 4. The topological polar surface area (TPSA) is 372 Å². The van der Waals surface area contributed by atoms with Gasteiger partial charge in [0, 0.05) is 79.6 Å². The maximum Gasteiger partial charge on any atom is 0.336 e. The van der Waals surface area contributed by atoms with Crippen LogP contribution in [-0.4, -0.2) is 130 Å². The molecule has 2 aliphatic rings. The standard InChI is InChI=1S/C45H50N8O16S2/c1-48-52(2)36-24-25-5-3-4-6-34(25)53(36)18-15-35(54)51-33(13-14-37(55)56)44(58)50-17-20-68-22-21-67-19-16-49-43(57)26-7-8-27(30(23-26)45(59)60)38-28-9-11-31(46)41(70(61,62)63)39(28)69-40-29(38)10-12-32(47)42(40)71(64,65)66/h3-12,23-24,33,46,48H,13-22,47H2,1-2H3,(H,49,57)(H,50,58)(H,51,54)(H,55,56)(H,59,60)(H,61,62,63)(H,64,65,66)/t33-/m0/s1. The molecule has 0 fully saturated rings. The van der Waals surface area contributed by atoms with Crippen molar-refractivity contribution in [3.05, 3.63) is 89.3 Å². The predicted molar refractivity (Wildman–Crippen MR) is 255 cm³/mol. The van der Waals surface area contributed by atoms with Gasteiger partial charge < -0.3 is 50.4 Å². The summed E-state index contributed by atoms with van der Waals surface area (Å²) in [5.74, 6) is -4.39. The van der Waals surface area contributed by atoms with Crippen molar-refractivity contribution in [1.82, 2.24) is 25.9 Å². The summed E-state index contributed by atoms with van der Waals surface area (Å²) in [5, 5.41) is 37.5. The molecule has 0 radical (unpaired) electrons. The van der Waals surface area contributed by atoms with E-state index in [0.717, 1.165) is 34.9 Å². The van der Waals surface area contributed by atoms with Crippen molar-refractivity contribution in [2.45, 2.75) is 41.6 Å². The molecule has 2 heterocycles. The fraction of sp³-hybridized carbons (Fsp3) is 0.289. The van der Waals surface area contributed by atoms with Crippen molar-refractivity contribution in [1.29, 1.82) is 5.41 Å². The number of anilines is 2. The number of hydrogen-bond acceptors (Lipinski definition) is 16. The third-order valence-electron chi connectivity index (χ3n) is 11.1. The lowest BCUT2D eigenvalue weighted by atomic mass is 9.89. The molecule has 3 aromatic carbocycles. The molecular weight excluding hydrogens is 973 g/mol. The molecule has 0 saturated carbocycles. The summed E-state index contributed by atoms with van der Waals surface area (Å²) in [5.41, 5.74) is 7.38. The molecule has 1 atom stereocenters. The number of aromatic carboxylic acids is 1. The minimum atomic E-state index is -5.23. The maximum atomic E-state index is 13.2. The number of hydrogen-bond donors (Lipinski definition) is 10. The van der Waals surface area contributed by atoms with Gasteiger partial charge in [0.05, 0.1) is 43.0 Å². The van der Waals surface area contributed by atoms with Crippen LogP contribution in [0.4, 0.5) is 11.5 Å². The zero-order valence-corrected chi connectivity index (χ0v) is 39.7. The third kappa shape index (κ3) is 12.5. The number of rotatable bonds is 24. The molecular formula is C45H50N8O16S2.